The molecule has 4 aliphatic heterocycles. The minimum Gasteiger partial charge on any atom is -0.493 e. The Morgan fingerprint density at radius 1 is 0.758 bits per heavy atom. The molecular weight excluding hydrogens is 789 g/mol. The number of carbonyl (C=O) groups is 4. The van der Waals surface area contributed by atoms with Crippen molar-refractivity contribution in [2.24, 2.45) is 4.99 Å². The standard InChI is InChI=1S/C48H46N6O8/c1-27(2)52-45(55)24-51-46(56)32-14-28(25-61-43-20-37-35(18-41(43)59-3)47(57)53-33(22-49-37)16-30-9-5-7-11-39(30)53)13-29(15-32)26-62-44-21-38-36(19-42(44)60-4)48(58)54-34(23-50-38)17-31-10-6-8-12-40(31)54/h5-15,18-22,27,33-34,50H,16-17,23-26H2,1-4H3,(H,51,56)(H,52,55)/t33-,34?/m0/s1. The summed E-state index contributed by atoms with van der Waals surface area (Å²) < 4.78 is 24.2. The van der Waals surface area contributed by atoms with Crippen molar-refractivity contribution in [3.63, 3.8) is 0 Å². The van der Waals surface area contributed by atoms with E-state index in [9.17, 15) is 19.2 Å². The topological polar surface area (TPSA) is 160 Å². The fourth-order valence-corrected chi connectivity index (χ4v) is 8.62. The van der Waals surface area contributed by atoms with Gasteiger partial charge >= 0.3 is 0 Å². The lowest BCUT2D eigenvalue weighted by molar-refractivity contribution is -0.120. The molecule has 4 heterocycles. The number of ether oxygens (including phenoxy) is 4. The van der Waals surface area contributed by atoms with Crippen molar-refractivity contribution in [3.8, 4) is 23.0 Å². The van der Waals surface area contributed by atoms with Gasteiger partial charge in [0.1, 0.15) is 13.2 Å². The average Bonchev–Trinajstić information content (AvgIpc) is 3.77. The molecule has 1 unspecified atom stereocenters. The van der Waals surface area contributed by atoms with Gasteiger partial charge in [-0.2, -0.15) is 0 Å². The first-order chi connectivity index (χ1) is 30.1. The first kappa shape index (κ1) is 40.1. The minimum atomic E-state index is -0.461. The second-order valence-electron chi connectivity index (χ2n) is 16.0. The number of aliphatic imine (C=N–C) groups is 1. The summed E-state index contributed by atoms with van der Waals surface area (Å²) in [5, 5.41) is 8.95. The predicted octanol–water partition coefficient (Wildman–Crippen LogP) is 6.40. The van der Waals surface area contributed by atoms with Crippen LogP contribution in [0.15, 0.2) is 96.0 Å². The molecule has 316 valence electrons. The summed E-state index contributed by atoms with van der Waals surface area (Å²) in [5.41, 5.74) is 7.49. The molecule has 0 saturated carbocycles. The van der Waals surface area contributed by atoms with E-state index >= 15 is 0 Å². The highest BCUT2D eigenvalue weighted by Gasteiger charge is 2.38. The van der Waals surface area contributed by atoms with E-state index in [0.717, 1.165) is 28.9 Å². The largest absolute Gasteiger partial charge is 0.493 e. The number of methoxy groups -OCH3 is 2. The Hall–Kier alpha value is -7.35. The maximum Gasteiger partial charge on any atom is 0.261 e. The zero-order valence-electron chi connectivity index (χ0n) is 34.8. The SMILES string of the molecule is COc1cc2c(cc1OCc1cc(COc3cc4c(cc3OC)C(=O)N3c5ccccc5CC3CN4)cc(C(=O)NCC(=O)NC(C)C)c1)N=C[C@@H]1Cc3ccccc3N1C2=O. The molecule has 0 fully saturated rings. The lowest BCUT2D eigenvalue weighted by Gasteiger charge is -2.22. The van der Waals surface area contributed by atoms with Crippen molar-refractivity contribution in [1.82, 2.24) is 10.6 Å². The summed E-state index contributed by atoms with van der Waals surface area (Å²) in [4.78, 5) is 62.3. The van der Waals surface area contributed by atoms with Crippen LogP contribution in [0.5, 0.6) is 23.0 Å². The molecule has 4 amide bonds. The Morgan fingerprint density at radius 2 is 1.37 bits per heavy atom. The summed E-state index contributed by atoms with van der Waals surface area (Å²) in [6.45, 7) is 4.06. The van der Waals surface area contributed by atoms with Crippen molar-refractivity contribution in [3.05, 3.63) is 130 Å². The van der Waals surface area contributed by atoms with Crippen LogP contribution in [0.2, 0.25) is 0 Å². The number of carbonyl (C=O) groups excluding carboxylic acids is 4. The number of fused-ring (bicyclic) bond motifs is 8. The molecule has 9 rings (SSSR count). The van der Waals surface area contributed by atoms with Crippen LogP contribution in [0, 0.1) is 0 Å². The van der Waals surface area contributed by atoms with Crippen molar-refractivity contribution >= 4 is 52.6 Å². The molecule has 14 heteroatoms. The fourth-order valence-electron chi connectivity index (χ4n) is 8.62. The Morgan fingerprint density at radius 3 is 2.05 bits per heavy atom. The molecule has 3 N–H and O–H groups in total. The number of nitrogens with zero attached hydrogens (tertiary/aromatic N) is 3. The molecule has 62 heavy (non-hydrogen) atoms. The second-order valence-corrected chi connectivity index (χ2v) is 16.0. The van der Waals surface area contributed by atoms with E-state index in [1.54, 1.807) is 47.5 Å². The van der Waals surface area contributed by atoms with Gasteiger partial charge in [0.2, 0.25) is 5.91 Å². The van der Waals surface area contributed by atoms with Crippen LogP contribution >= 0.6 is 0 Å². The van der Waals surface area contributed by atoms with Gasteiger partial charge in [-0.3, -0.25) is 29.1 Å². The first-order valence-corrected chi connectivity index (χ1v) is 20.6. The van der Waals surface area contributed by atoms with Gasteiger partial charge in [-0.1, -0.05) is 36.4 Å². The maximum atomic E-state index is 14.0. The summed E-state index contributed by atoms with van der Waals surface area (Å²) in [5.74, 6) is 0.409. The number of nitrogens with one attached hydrogen (secondary N) is 3. The van der Waals surface area contributed by atoms with Crippen molar-refractivity contribution in [2.45, 2.75) is 58.0 Å². The van der Waals surface area contributed by atoms with E-state index < -0.39 is 5.91 Å². The average molecular weight is 835 g/mol. The molecule has 0 spiro atoms. The van der Waals surface area contributed by atoms with E-state index in [1.165, 1.54) is 14.2 Å². The van der Waals surface area contributed by atoms with Crippen LogP contribution in [0.25, 0.3) is 0 Å². The molecule has 4 aliphatic rings. The quantitative estimate of drug-likeness (QED) is 0.129. The first-order valence-electron chi connectivity index (χ1n) is 20.6. The highest BCUT2D eigenvalue weighted by Crippen LogP contribution is 2.43. The highest BCUT2D eigenvalue weighted by molar-refractivity contribution is 6.15. The molecule has 2 atom stereocenters. The lowest BCUT2D eigenvalue weighted by Crippen LogP contribution is -2.39. The summed E-state index contributed by atoms with van der Waals surface area (Å²) in [7, 11) is 3.03. The van der Waals surface area contributed by atoms with Crippen molar-refractivity contribution in [2.75, 3.05) is 42.4 Å². The van der Waals surface area contributed by atoms with Crippen LogP contribution in [0.4, 0.5) is 22.7 Å². The molecule has 0 aromatic heterocycles. The van der Waals surface area contributed by atoms with Gasteiger partial charge in [0.05, 0.1) is 55.3 Å². The van der Waals surface area contributed by atoms with Gasteiger partial charge in [-0.15, -0.1) is 0 Å². The summed E-state index contributed by atoms with van der Waals surface area (Å²) >= 11 is 0. The molecule has 0 radical (unpaired) electrons. The van der Waals surface area contributed by atoms with E-state index in [-0.39, 0.29) is 61.2 Å². The van der Waals surface area contributed by atoms with Crippen LogP contribution in [-0.4, -0.2) is 75.3 Å². The van der Waals surface area contributed by atoms with E-state index in [1.807, 2.05) is 67.3 Å². The monoisotopic (exact) mass is 834 g/mol. The lowest BCUT2D eigenvalue weighted by atomic mass is 10.1. The summed E-state index contributed by atoms with van der Waals surface area (Å²) in [6, 6.07) is 27.5. The van der Waals surface area contributed by atoms with Gasteiger partial charge in [0.15, 0.2) is 23.0 Å². The van der Waals surface area contributed by atoms with E-state index in [0.29, 0.717) is 69.6 Å². The Labute approximate surface area is 358 Å². The molecular formula is C48H46N6O8. The molecule has 5 aromatic carbocycles. The zero-order valence-corrected chi connectivity index (χ0v) is 34.8. The number of para-hydroxylation sites is 2. The Bertz CT molecular complexity index is 2660. The van der Waals surface area contributed by atoms with Gasteiger partial charge in [-0.25, -0.2) is 0 Å². The van der Waals surface area contributed by atoms with Gasteiger partial charge in [0.25, 0.3) is 17.7 Å². The van der Waals surface area contributed by atoms with Crippen LogP contribution in [0.1, 0.15) is 67.2 Å². The minimum absolute atomic E-state index is 0.00583. The second kappa shape index (κ2) is 16.6. The number of benzene rings is 5. The van der Waals surface area contributed by atoms with Crippen LogP contribution < -0.4 is 44.7 Å². The smallest absolute Gasteiger partial charge is 0.261 e. The number of anilines is 3. The van der Waals surface area contributed by atoms with Crippen LogP contribution in [0.3, 0.4) is 0 Å². The Kier molecular flexibility index (Phi) is 10.7. The van der Waals surface area contributed by atoms with Gasteiger partial charge in [-0.05, 0) is 85.0 Å². The maximum absolute atomic E-state index is 14.0. The molecule has 0 bridgehead atoms. The third-order valence-electron chi connectivity index (χ3n) is 11.4. The van der Waals surface area contributed by atoms with Gasteiger partial charge in [0, 0.05) is 54.3 Å². The third-order valence-corrected chi connectivity index (χ3v) is 11.4. The number of amides is 4. The predicted molar refractivity (Wildman–Crippen MR) is 235 cm³/mol. The normalized spacial score (nSPS) is 16.7. The van der Waals surface area contributed by atoms with E-state index in [2.05, 4.69) is 22.0 Å². The summed E-state index contributed by atoms with van der Waals surface area (Å²) in [6.07, 6.45) is 3.22. The van der Waals surface area contributed by atoms with Crippen LogP contribution in [-0.2, 0) is 30.8 Å². The Balaban J connectivity index is 0.973. The fraction of sp³-hybridized carbons (Fsp3) is 0.271. The number of rotatable bonds is 12. The molecule has 14 nitrogen and oxygen atoms in total. The molecule has 5 aromatic rings. The van der Waals surface area contributed by atoms with Crippen molar-refractivity contribution in [1.29, 1.82) is 0 Å². The molecule has 0 saturated heterocycles. The zero-order chi connectivity index (χ0) is 43.1. The van der Waals surface area contributed by atoms with E-state index in [4.69, 9.17) is 23.9 Å². The van der Waals surface area contributed by atoms with Crippen molar-refractivity contribution < 1.29 is 38.1 Å². The third kappa shape index (κ3) is 7.63. The number of hydrogen-bond donors (Lipinski definition) is 3. The highest BCUT2D eigenvalue weighted by atomic mass is 16.5. The number of hydrogen-bond acceptors (Lipinski definition) is 10. The van der Waals surface area contributed by atoms with Gasteiger partial charge < -0.3 is 39.8 Å². The molecule has 0 aliphatic carbocycles.